The lowest BCUT2D eigenvalue weighted by molar-refractivity contribution is -0.118. The largest absolute Gasteiger partial charge is 0.454 e. The number of hydrogen-bond acceptors (Lipinski definition) is 5. The summed E-state index contributed by atoms with van der Waals surface area (Å²) in [6, 6.07) is 12.9. The Hall–Kier alpha value is -3.48. The highest BCUT2D eigenvalue weighted by molar-refractivity contribution is 6.04. The zero-order valence-corrected chi connectivity index (χ0v) is 15.1. The number of amides is 2. The fourth-order valence-corrected chi connectivity index (χ4v) is 3.94. The van der Waals surface area contributed by atoms with Crippen LogP contribution in [0.5, 0.6) is 11.5 Å². The number of fused-ring (bicyclic) bond motifs is 4. The van der Waals surface area contributed by atoms with Crippen molar-refractivity contribution in [3.05, 3.63) is 54.1 Å². The number of hydrogen-bond donors (Lipinski definition) is 2. The van der Waals surface area contributed by atoms with E-state index in [1.165, 1.54) is 6.08 Å². The molecule has 0 aromatic heterocycles. The summed E-state index contributed by atoms with van der Waals surface area (Å²) < 4.78 is 10.6. The number of benzene rings is 2. The maximum Gasteiger partial charge on any atom is 0.247 e. The predicted molar refractivity (Wildman–Crippen MR) is 104 cm³/mol. The molecule has 2 aromatic rings. The van der Waals surface area contributed by atoms with Gasteiger partial charge in [-0.15, -0.1) is 0 Å². The van der Waals surface area contributed by atoms with Gasteiger partial charge in [-0.3, -0.25) is 9.59 Å². The van der Waals surface area contributed by atoms with Gasteiger partial charge in [0.2, 0.25) is 18.6 Å². The molecule has 0 spiro atoms. The Labute approximate surface area is 161 Å². The molecule has 3 aliphatic heterocycles. The number of nitrogens with zero attached hydrogens (tertiary/aromatic N) is 1. The van der Waals surface area contributed by atoms with Gasteiger partial charge in [0.05, 0.1) is 11.4 Å². The maximum atomic E-state index is 12.4. The lowest BCUT2D eigenvalue weighted by atomic mass is 10.1. The summed E-state index contributed by atoms with van der Waals surface area (Å²) in [7, 11) is 0. The molecular weight excluding hydrogens is 358 g/mol. The number of nitrogens with one attached hydrogen (secondary N) is 2. The van der Waals surface area contributed by atoms with Gasteiger partial charge in [0.1, 0.15) is 6.04 Å². The number of carbonyl (C=O) groups excluding carboxylic acids is 2. The normalized spacial score (nSPS) is 22.0. The van der Waals surface area contributed by atoms with Gasteiger partial charge in [-0.05, 0) is 42.3 Å². The van der Waals surface area contributed by atoms with Gasteiger partial charge < -0.3 is 25.0 Å². The number of anilines is 2. The average molecular weight is 377 g/mol. The van der Waals surface area contributed by atoms with Crippen molar-refractivity contribution in [2.45, 2.75) is 18.5 Å². The third-order valence-electron chi connectivity index (χ3n) is 5.25. The van der Waals surface area contributed by atoms with Gasteiger partial charge in [-0.2, -0.15) is 0 Å². The summed E-state index contributed by atoms with van der Waals surface area (Å²) in [6.07, 6.45) is 3.83. The van der Waals surface area contributed by atoms with Crippen LogP contribution in [-0.2, 0) is 9.59 Å². The van der Waals surface area contributed by atoms with E-state index in [0.717, 1.165) is 16.9 Å². The third-order valence-corrected chi connectivity index (χ3v) is 5.25. The number of para-hydroxylation sites is 2. The highest BCUT2D eigenvalue weighted by Gasteiger charge is 2.41. The second kappa shape index (κ2) is 6.60. The molecule has 3 aliphatic rings. The van der Waals surface area contributed by atoms with Crippen molar-refractivity contribution in [3.8, 4) is 11.5 Å². The van der Waals surface area contributed by atoms with E-state index in [9.17, 15) is 9.59 Å². The molecule has 3 heterocycles. The molecule has 1 fully saturated rings. The quantitative estimate of drug-likeness (QED) is 0.802. The first kappa shape index (κ1) is 16.7. The Morgan fingerprint density at radius 2 is 2.04 bits per heavy atom. The summed E-state index contributed by atoms with van der Waals surface area (Å²) in [6.45, 7) is 0.831. The standard InChI is InChI=1S/C21H19N3O4/c25-20(8-6-13-5-7-18-19(9-13)28-12-27-18)22-14-10-17-21(26)23-15-3-1-2-4-16(15)24(17)11-14/h1-9,14,17H,10-12H2,(H,22,25)(H,23,26)/b8-6+/t14-,17-/m0/s1. The first-order valence-corrected chi connectivity index (χ1v) is 9.22. The Morgan fingerprint density at radius 1 is 1.18 bits per heavy atom. The van der Waals surface area contributed by atoms with E-state index in [1.54, 1.807) is 6.08 Å². The van der Waals surface area contributed by atoms with Crippen LogP contribution in [0.3, 0.4) is 0 Å². The lowest BCUT2D eigenvalue weighted by Gasteiger charge is -2.32. The van der Waals surface area contributed by atoms with Crippen LogP contribution in [-0.4, -0.2) is 37.2 Å². The topological polar surface area (TPSA) is 79.9 Å². The fraction of sp³-hybridized carbons (Fsp3) is 0.238. The number of carbonyl (C=O) groups is 2. The van der Waals surface area contributed by atoms with Crippen molar-refractivity contribution >= 4 is 29.3 Å². The molecule has 7 nitrogen and oxygen atoms in total. The molecule has 5 rings (SSSR count). The monoisotopic (exact) mass is 377 g/mol. The van der Waals surface area contributed by atoms with E-state index >= 15 is 0 Å². The first-order valence-electron chi connectivity index (χ1n) is 9.22. The van der Waals surface area contributed by atoms with E-state index in [-0.39, 0.29) is 30.7 Å². The van der Waals surface area contributed by atoms with Crippen LogP contribution in [0.2, 0.25) is 0 Å². The van der Waals surface area contributed by atoms with Crippen molar-refractivity contribution in [2.24, 2.45) is 0 Å². The predicted octanol–water partition coefficient (Wildman–Crippen LogP) is 2.14. The molecule has 0 unspecified atom stereocenters. The van der Waals surface area contributed by atoms with Crippen LogP contribution < -0.4 is 25.0 Å². The zero-order chi connectivity index (χ0) is 19.1. The van der Waals surface area contributed by atoms with E-state index < -0.39 is 0 Å². The van der Waals surface area contributed by atoms with E-state index in [2.05, 4.69) is 15.5 Å². The molecule has 28 heavy (non-hydrogen) atoms. The summed E-state index contributed by atoms with van der Waals surface area (Å²) in [5.41, 5.74) is 2.68. The van der Waals surface area contributed by atoms with Crippen molar-refractivity contribution < 1.29 is 19.1 Å². The molecule has 1 saturated heterocycles. The van der Waals surface area contributed by atoms with Gasteiger partial charge in [-0.1, -0.05) is 18.2 Å². The first-order chi connectivity index (χ1) is 13.7. The molecule has 2 atom stereocenters. The SMILES string of the molecule is O=C(/C=C/c1ccc2c(c1)OCO2)N[C@H]1C[C@H]2C(=O)Nc3ccccc3N2C1. The molecular formula is C21H19N3O4. The summed E-state index contributed by atoms with van der Waals surface area (Å²) in [5, 5.41) is 5.95. The summed E-state index contributed by atoms with van der Waals surface area (Å²) in [4.78, 5) is 26.8. The minimum Gasteiger partial charge on any atom is -0.454 e. The Bertz CT molecular complexity index is 987. The molecule has 0 saturated carbocycles. The second-order valence-corrected chi connectivity index (χ2v) is 7.06. The summed E-state index contributed by atoms with van der Waals surface area (Å²) >= 11 is 0. The van der Waals surface area contributed by atoms with Crippen LogP contribution in [0, 0.1) is 0 Å². The highest BCUT2D eigenvalue weighted by Crippen LogP contribution is 2.36. The molecule has 7 heteroatoms. The van der Waals surface area contributed by atoms with Crippen LogP contribution in [0.25, 0.3) is 6.08 Å². The van der Waals surface area contributed by atoms with Crippen LogP contribution >= 0.6 is 0 Å². The Kier molecular flexibility index (Phi) is 3.93. The highest BCUT2D eigenvalue weighted by atomic mass is 16.7. The van der Waals surface area contributed by atoms with Gasteiger partial charge in [-0.25, -0.2) is 0 Å². The molecule has 2 amide bonds. The van der Waals surface area contributed by atoms with Crippen molar-refractivity contribution in [1.82, 2.24) is 5.32 Å². The summed E-state index contributed by atoms with van der Waals surface area (Å²) in [5.74, 6) is 1.19. The minimum atomic E-state index is -0.252. The van der Waals surface area contributed by atoms with Crippen molar-refractivity contribution in [1.29, 1.82) is 0 Å². The van der Waals surface area contributed by atoms with E-state index in [1.807, 2.05) is 42.5 Å². The lowest BCUT2D eigenvalue weighted by Crippen LogP contribution is -2.43. The van der Waals surface area contributed by atoms with Crippen LogP contribution in [0.15, 0.2) is 48.5 Å². The molecule has 142 valence electrons. The molecule has 0 aliphatic carbocycles. The fourth-order valence-electron chi connectivity index (χ4n) is 3.94. The molecule has 0 radical (unpaired) electrons. The van der Waals surface area contributed by atoms with Gasteiger partial charge in [0.15, 0.2) is 11.5 Å². The Balaban J connectivity index is 1.25. The Morgan fingerprint density at radius 3 is 2.96 bits per heavy atom. The van der Waals surface area contributed by atoms with Gasteiger partial charge in [0, 0.05) is 18.7 Å². The average Bonchev–Trinajstić information content (AvgIpc) is 3.33. The van der Waals surface area contributed by atoms with E-state index in [4.69, 9.17) is 9.47 Å². The maximum absolute atomic E-state index is 12.4. The zero-order valence-electron chi connectivity index (χ0n) is 15.1. The van der Waals surface area contributed by atoms with Gasteiger partial charge in [0.25, 0.3) is 0 Å². The second-order valence-electron chi connectivity index (χ2n) is 7.06. The number of ether oxygens (including phenoxy) is 2. The number of rotatable bonds is 3. The smallest absolute Gasteiger partial charge is 0.247 e. The molecule has 2 N–H and O–H groups in total. The van der Waals surface area contributed by atoms with Gasteiger partial charge >= 0.3 is 0 Å². The molecule has 0 bridgehead atoms. The minimum absolute atomic E-state index is 0.0219. The molecule has 2 aromatic carbocycles. The van der Waals surface area contributed by atoms with Crippen LogP contribution in [0.4, 0.5) is 11.4 Å². The third kappa shape index (κ3) is 2.94. The van der Waals surface area contributed by atoms with E-state index in [0.29, 0.717) is 24.5 Å². The van der Waals surface area contributed by atoms with Crippen molar-refractivity contribution in [3.63, 3.8) is 0 Å². The van der Waals surface area contributed by atoms with Crippen molar-refractivity contribution in [2.75, 3.05) is 23.6 Å². The van der Waals surface area contributed by atoms with Crippen LogP contribution in [0.1, 0.15) is 12.0 Å².